The summed E-state index contributed by atoms with van der Waals surface area (Å²) in [6, 6.07) is 0. The Morgan fingerprint density at radius 2 is 1.12 bits per heavy atom. The molecule has 0 aromatic rings. The Morgan fingerprint density at radius 3 is 1.65 bits per heavy atom. The first-order valence-electron chi connectivity index (χ1n) is 10.6. The summed E-state index contributed by atoms with van der Waals surface area (Å²) in [6.45, 7) is -3.14. The number of ether oxygens (including phenoxy) is 5. The molecule has 200 valence electrons. The highest BCUT2D eigenvalue weighted by molar-refractivity contribution is 4.98. The number of aliphatic hydroxyl groups excluding tert-OH is 11. The van der Waals surface area contributed by atoms with Crippen molar-refractivity contribution in [3.05, 3.63) is 0 Å². The summed E-state index contributed by atoms with van der Waals surface area (Å²) in [6.07, 6.45) is -21.8. The van der Waals surface area contributed by atoms with Gasteiger partial charge in [0.15, 0.2) is 12.6 Å². The lowest BCUT2D eigenvalue weighted by atomic mass is 9.98. The summed E-state index contributed by atoms with van der Waals surface area (Å²) < 4.78 is 26.4. The van der Waals surface area contributed by atoms with E-state index in [1.54, 1.807) is 0 Å². The first kappa shape index (κ1) is 27.9. The van der Waals surface area contributed by atoms with E-state index in [9.17, 15) is 56.2 Å². The molecule has 3 saturated heterocycles. The maximum absolute atomic E-state index is 10.3. The monoisotopic (exact) mass is 504 g/mol. The molecule has 11 N–H and O–H groups in total. The summed E-state index contributed by atoms with van der Waals surface area (Å²) in [5, 5.41) is 109. The number of rotatable bonds is 8. The van der Waals surface area contributed by atoms with Gasteiger partial charge in [0, 0.05) is 0 Å². The Balaban J connectivity index is 1.69. The minimum absolute atomic E-state index is 0.634. The average molecular weight is 504 g/mol. The van der Waals surface area contributed by atoms with Gasteiger partial charge in [-0.25, -0.2) is 0 Å². The van der Waals surface area contributed by atoms with Gasteiger partial charge in [0.25, 0.3) is 0 Å². The second kappa shape index (κ2) is 11.2. The molecule has 14 atom stereocenters. The molecule has 0 amide bonds. The van der Waals surface area contributed by atoms with Crippen LogP contribution in [-0.4, -0.2) is 168 Å². The fourth-order valence-electron chi connectivity index (χ4n) is 4.01. The molecule has 3 aliphatic heterocycles. The third-order valence-corrected chi connectivity index (χ3v) is 6.16. The van der Waals surface area contributed by atoms with Gasteiger partial charge >= 0.3 is 0 Å². The van der Waals surface area contributed by atoms with Crippen molar-refractivity contribution in [2.75, 3.05) is 26.4 Å². The van der Waals surface area contributed by atoms with Crippen molar-refractivity contribution >= 4 is 0 Å². The molecule has 0 aromatic carbocycles. The van der Waals surface area contributed by atoms with E-state index in [1.165, 1.54) is 0 Å². The Kier molecular flexibility index (Phi) is 9.18. The van der Waals surface area contributed by atoms with Gasteiger partial charge in [-0.1, -0.05) is 0 Å². The SMILES string of the molecule is OC[C@H]1O[C@@H](OC[C@H]2OC(O[C@]3(CO)O[C@H](CO)[C@@H](O)[C@@H]3O)[C@H](O)[C@@H](O)[C@@H]2O)[C@H](O)[C@@H](O)[C@H]1O. The normalized spacial score (nSPS) is 52.1. The number of hydrogen-bond acceptors (Lipinski definition) is 16. The van der Waals surface area contributed by atoms with Crippen molar-refractivity contribution in [2.45, 2.75) is 85.5 Å². The molecule has 16 nitrogen and oxygen atoms in total. The molecule has 3 aliphatic rings. The minimum atomic E-state index is -2.36. The third-order valence-electron chi connectivity index (χ3n) is 6.16. The molecule has 0 spiro atoms. The van der Waals surface area contributed by atoms with Crippen molar-refractivity contribution in [3.8, 4) is 0 Å². The molecule has 3 fully saturated rings. The van der Waals surface area contributed by atoms with Crippen molar-refractivity contribution in [2.24, 2.45) is 0 Å². The van der Waals surface area contributed by atoms with Crippen LogP contribution in [0.1, 0.15) is 0 Å². The van der Waals surface area contributed by atoms with Crippen LogP contribution in [0, 0.1) is 0 Å². The van der Waals surface area contributed by atoms with E-state index >= 15 is 0 Å². The molecule has 0 aromatic heterocycles. The van der Waals surface area contributed by atoms with Crippen LogP contribution >= 0.6 is 0 Å². The van der Waals surface area contributed by atoms with Crippen LogP contribution in [-0.2, 0) is 23.7 Å². The first-order valence-corrected chi connectivity index (χ1v) is 10.6. The Morgan fingerprint density at radius 1 is 0.588 bits per heavy atom. The maximum atomic E-state index is 10.3. The van der Waals surface area contributed by atoms with Gasteiger partial charge in [-0.15, -0.1) is 0 Å². The van der Waals surface area contributed by atoms with E-state index in [-0.39, 0.29) is 0 Å². The van der Waals surface area contributed by atoms with E-state index < -0.39 is 112 Å². The standard InChI is InChI=1S/C18H32O16/c19-1-5-8(22)11(25)13(27)16(31-5)30-3-7-9(23)12(26)14(28)17(32-7)34-18(4-21)15(29)10(24)6(2-20)33-18/h5-17,19-29H,1-4H2/t5-,6-,7-,8+,9-,10-,11+,12+,13-,14-,15+,16-,17?,18+/m1/s1. The number of hydrogen-bond donors (Lipinski definition) is 11. The molecule has 3 heterocycles. The molecule has 16 heteroatoms. The molecular weight excluding hydrogens is 472 g/mol. The van der Waals surface area contributed by atoms with E-state index in [4.69, 9.17) is 23.7 Å². The van der Waals surface area contributed by atoms with Crippen molar-refractivity contribution in [1.29, 1.82) is 0 Å². The zero-order valence-corrected chi connectivity index (χ0v) is 17.8. The van der Waals surface area contributed by atoms with Crippen molar-refractivity contribution in [1.82, 2.24) is 0 Å². The average Bonchev–Trinajstić information content (AvgIpc) is 3.08. The largest absolute Gasteiger partial charge is 0.394 e. The van der Waals surface area contributed by atoms with Crippen LogP contribution in [0.4, 0.5) is 0 Å². The first-order chi connectivity index (χ1) is 16.0. The lowest BCUT2D eigenvalue weighted by Gasteiger charge is -2.44. The molecule has 3 rings (SSSR count). The predicted octanol–water partition coefficient (Wildman–Crippen LogP) is -7.57. The number of aliphatic hydroxyl groups is 11. The van der Waals surface area contributed by atoms with Crippen LogP contribution < -0.4 is 0 Å². The summed E-state index contributed by atoms with van der Waals surface area (Å²) in [4.78, 5) is 0. The second-order valence-corrected chi connectivity index (χ2v) is 8.41. The van der Waals surface area contributed by atoms with Gasteiger partial charge in [-0.3, -0.25) is 0 Å². The summed E-state index contributed by atoms with van der Waals surface area (Å²) >= 11 is 0. The fourth-order valence-corrected chi connectivity index (χ4v) is 4.01. The van der Waals surface area contributed by atoms with Crippen LogP contribution in [0.2, 0.25) is 0 Å². The second-order valence-electron chi connectivity index (χ2n) is 8.41. The highest BCUT2D eigenvalue weighted by Crippen LogP contribution is 2.36. The van der Waals surface area contributed by atoms with Crippen LogP contribution in [0.5, 0.6) is 0 Å². The maximum Gasteiger partial charge on any atom is 0.224 e. The van der Waals surface area contributed by atoms with Gasteiger partial charge in [0.05, 0.1) is 19.8 Å². The predicted molar refractivity (Wildman–Crippen MR) is 101 cm³/mol. The Hall–Kier alpha value is -0.640. The van der Waals surface area contributed by atoms with Gasteiger partial charge in [-0.2, -0.15) is 0 Å². The van der Waals surface area contributed by atoms with Crippen molar-refractivity contribution in [3.63, 3.8) is 0 Å². The summed E-state index contributed by atoms with van der Waals surface area (Å²) in [5.74, 6) is -2.36. The molecule has 34 heavy (non-hydrogen) atoms. The van der Waals surface area contributed by atoms with Gasteiger partial charge in [-0.05, 0) is 0 Å². The van der Waals surface area contributed by atoms with E-state index in [0.717, 1.165) is 0 Å². The van der Waals surface area contributed by atoms with Gasteiger partial charge in [0.1, 0.15) is 73.8 Å². The molecular formula is C18H32O16. The highest BCUT2D eigenvalue weighted by atomic mass is 16.8. The molecule has 0 saturated carbocycles. The highest BCUT2D eigenvalue weighted by Gasteiger charge is 2.58. The molecule has 0 aliphatic carbocycles. The van der Waals surface area contributed by atoms with E-state index in [2.05, 4.69) is 0 Å². The Bertz CT molecular complexity index is 653. The fraction of sp³-hybridized carbons (Fsp3) is 1.00. The van der Waals surface area contributed by atoms with Crippen LogP contribution in [0.25, 0.3) is 0 Å². The summed E-state index contributed by atoms with van der Waals surface area (Å²) in [7, 11) is 0. The zero-order valence-electron chi connectivity index (χ0n) is 17.8. The van der Waals surface area contributed by atoms with Gasteiger partial charge in [0.2, 0.25) is 5.79 Å². The van der Waals surface area contributed by atoms with Gasteiger partial charge < -0.3 is 79.9 Å². The van der Waals surface area contributed by atoms with Crippen molar-refractivity contribution < 1.29 is 79.9 Å². The van der Waals surface area contributed by atoms with Crippen LogP contribution in [0.3, 0.4) is 0 Å². The smallest absolute Gasteiger partial charge is 0.224 e. The molecule has 1 unspecified atom stereocenters. The lowest BCUT2D eigenvalue weighted by molar-refractivity contribution is -0.388. The van der Waals surface area contributed by atoms with E-state index in [1.807, 2.05) is 0 Å². The zero-order chi connectivity index (χ0) is 25.4. The molecule has 0 radical (unpaired) electrons. The van der Waals surface area contributed by atoms with E-state index in [0.29, 0.717) is 0 Å². The molecule has 0 bridgehead atoms. The lowest BCUT2D eigenvalue weighted by Crippen LogP contribution is -2.63. The topological polar surface area (TPSA) is 269 Å². The summed E-state index contributed by atoms with van der Waals surface area (Å²) in [5.41, 5.74) is 0. The quantitative estimate of drug-likeness (QED) is 0.146. The van der Waals surface area contributed by atoms with Crippen LogP contribution in [0.15, 0.2) is 0 Å². The minimum Gasteiger partial charge on any atom is -0.394 e. The Labute approximate surface area is 192 Å². The third kappa shape index (κ3) is 5.09.